The Bertz CT molecular complexity index is 525. The first-order chi connectivity index (χ1) is 11.7. The Kier molecular flexibility index (Phi) is 11.2. The summed E-state index contributed by atoms with van der Waals surface area (Å²) in [5, 5.41) is 0. The summed E-state index contributed by atoms with van der Waals surface area (Å²) in [6.45, 7) is 2.24. The molecule has 132 valence electrons. The van der Waals surface area contributed by atoms with Crippen molar-refractivity contribution in [2.45, 2.75) is 45.1 Å². The van der Waals surface area contributed by atoms with Crippen molar-refractivity contribution in [2.75, 3.05) is 14.2 Å². The summed E-state index contributed by atoms with van der Waals surface area (Å²) in [5.41, 5.74) is 1.28. The van der Waals surface area contributed by atoms with Gasteiger partial charge in [-0.05, 0) is 36.2 Å². The van der Waals surface area contributed by atoms with Gasteiger partial charge in [0, 0.05) is 11.6 Å². The van der Waals surface area contributed by atoms with Crippen molar-refractivity contribution in [3.8, 4) is 5.75 Å². The third-order valence-corrected chi connectivity index (χ3v) is 4.35. The van der Waals surface area contributed by atoms with E-state index in [0.717, 1.165) is 16.6 Å². The molecule has 0 saturated heterocycles. The van der Waals surface area contributed by atoms with Crippen molar-refractivity contribution in [1.29, 1.82) is 0 Å². The van der Waals surface area contributed by atoms with Crippen LogP contribution in [0.5, 0.6) is 5.75 Å². The van der Waals surface area contributed by atoms with Crippen molar-refractivity contribution in [2.24, 2.45) is 0 Å². The van der Waals surface area contributed by atoms with Crippen LogP contribution in [0.15, 0.2) is 59.1 Å². The second kappa shape index (κ2) is 13.0. The van der Waals surface area contributed by atoms with Gasteiger partial charge in [0.2, 0.25) is 0 Å². The number of unbranched alkanes of at least 4 members (excludes halogenated alkanes) is 3. The predicted molar refractivity (Wildman–Crippen MR) is 106 cm³/mol. The molecule has 0 aliphatic heterocycles. The van der Waals surface area contributed by atoms with Crippen LogP contribution in [-0.2, 0) is 4.74 Å². The minimum absolute atomic E-state index is 0.255. The van der Waals surface area contributed by atoms with Crippen LogP contribution < -0.4 is 4.74 Å². The van der Waals surface area contributed by atoms with E-state index in [2.05, 4.69) is 47.1 Å². The third-order valence-electron chi connectivity index (χ3n) is 3.83. The molecule has 2 aromatic rings. The molecule has 0 aliphatic carbocycles. The van der Waals surface area contributed by atoms with Gasteiger partial charge in [0.25, 0.3) is 0 Å². The molecule has 0 aliphatic rings. The molecule has 0 spiro atoms. The van der Waals surface area contributed by atoms with Crippen LogP contribution >= 0.6 is 15.9 Å². The molecule has 0 radical (unpaired) electrons. The molecule has 0 bridgehead atoms. The number of benzene rings is 2. The number of methoxy groups -OCH3 is 2. The Morgan fingerprint density at radius 2 is 1.54 bits per heavy atom. The molecule has 2 rings (SSSR count). The Morgan fingerprint density at radius 3 is 2.04 bits per heavy atom. The van der Waals surface area contributed by atoms with Crippen LogP contribution in [0.3, 0.4) is 0 Å². The summed E-state index contributed by atoms with van der Waals surface area (Å²) < 4.78 is 11.6. The van der Waals surface area contributed by atoms with Gasteiger partial charge in [0.05, 0.1) is 13.2 Å². The highest BCUT2D eigenvalue weighted by Crippen LogP contribution is 2.24. The minimum Gasteiger partial charge on any atom is -0.497 e. The Hall–Kier alpha value is -1.32. The summed E-state index contributed by atoms with van der Waals surface area (Å²) in [5.74, 6) is 0.910. The highest BCUT2D eigenvalue weighted by atomic mass is 79.9. The zero-order chi connectivity index (χ0) is 17.6. The van der Waals surface area contributed by atoms with E-state index in [-0.39, 0.29) is 6.10 Å². The molecule has 1 atom stereocenters. The average Bonchev–Trinajstić information content (AvgIpc) is 2.64. The Balaban J connectivity index is 0.000000300. The molecule has 0 amide bonds. The minimum atomic E-state index is 0.255. The van der Waals surface area contributed by atoms with E-state index in [1.165, 1.54) is 31.2 Å². The zero-order valence-electron chi connectivity index (χ0n) is 15.0. The van der Waals surface area contributed by atoms with E-state index in [4.69, 9.17) is 9.47 Å². The normalized spacial score (nSPS) is 11.3. The number of hydrogen-bond donors (Lipinski definition) is 0. The van der Waals surface area contributed by atoms with Gasteiger partial charge in [0.15, 0.2) is 0 Å². The smallest absolute Gasteiger partial charge is 0.118 e. The summed E-state index contributed by atoms with van der Waals surface area (Å²) in [6, 6.07) is 18.1. The van der Waals surface area contributed by atoms with Gasteiger partial charge in [-0.15, -0.1) is 0 Å². The molecule has 0 fully saturated rings. The lowest BCUT2D eigenvalue weighted by Crippen LogP contribution is -2.01. The molecule has 0 N–H and O–H groups in total. The lowest BCUT2D eigenvalue weighted by atomic mass is 10.0. The Labute approximate surface area is 155 Å². The molecular formula is C21H29BrO2. The van der Waals surface area contributed by atoms with Crippen LogP contribution in [0, 0.1) is 0 Å². The largest absolute Gasteiger partial charge is 0.497 e. The van der Waals surface area contributed by atoms with Crippen molar-refractivity contribution in [3.63, 3.8) is 0 Å². The fourth-order valence-corrected chi connectivity index (χ4v) is 2.68. The number of rotatable bonds is 8. The SMILES string of the molecule is CCCCCCC(OC)c1ccc(Br)cc1.COc1ccccc1. The van der Waals surface area contributed by atoms with Gasteiger partial charge >= 0.3 is 0 Å². The first kappa shape index (κ1) is 20.7. The molecule has 24 heavy (non-hydrogen) atoms. The molecule has 2 nitrogen and oxygen atoms in total. The maximum atomic E-state index is 5.54. The van der Waals surface area contributed by atoms with Gasteiger partial charge in [-0.2, -0.15) is 0 Å². The summed E-state index contributed by atoms with van der Waals surface area (Å²) >= 11 is 3.45. The number of halogens is 1. The van der Waals surface area contributed by atoms with Gasteiger partial charge in [-0.25, -0.2) is 0 Å². The maximum absolute atomic E-state index is 5.54. The van der Waals surface area contributed by atoms with Gasteiger partial charge in [0.1, 0.15) is 5.75 Å². The summed E-state index contributed by atoms with van der Waals surface area (Å²) in [4.78, 5) is 0. The fraction of sp³-hybridized carbons (Fsp3) is 0.429. The van der Waals surface area contributed by atoms with Crippen LogP contribution in [-0.4, -0.2) is 14.2 Å². The van der Waals surface area contributed by atoms with Crippen LogP contribution in [0.1, 0.15) is 50.7 Å². The molecule has 1 unspecified atom stereocenters. The lowest BCUT2D eigenvalue weighted by molar-refractivity contribution is 0.0931. The fourth-order valence-electron chi connectivity index (χ4n) is 2.41. The van der Waals surface area contributed by atoms with E-state index in [1.54, 1.807) is 14.2 Å². The molecular weight excluding hydrogens is 364 g/mol. The van der Waals surface area contributed by atoms with Crippen LogP contribution in [0.2, 0.25) is 0 Å². The van der Waals surface area contributed by atoms with Crippen LogP contribution in [0.25, 0.3) is 0 Å². The molecule has 0 aromatic heterocycles. The van der Waals surface area contributed by atoms with Gasteiger partial charge in [-0.3, -0.25) is 0 Å². The number of hydrogen-bond acceptors (Lipinski definition) is 2. The second-order valence-corrected chi connectivity index (χ2v) is 6.56. The summed E-state index contributed by atoms with van der Waals surface area (Å²) in [7, 11) is 3.46. The van der Waals surface area contributed by atoms with Crippen molar-refractivity contribution < 1.29 is 9.47 Å². The number of para-hydroxylation sites is 1. The Morgan fingerprint density at radius 1 is 0.875 bits per heavy atom. The lowest BCUT2D eigenvalue weighted by Gasteiger charge is -2.15. The van der Waals surface area contributed by atoms with E-state index in [9.17, 15) is 0 Å². The summed E-state index contributed by atoms with van der Waals surface area (Å²) in [6.07, 6.45) is 6.56. The van der Waals surface area contributed by atoms with Gasteiger partial charge in [-0.1, -0.05) is 78.9 Å². The first-order valence-electron chi connectivity index (χ1n) is 8.58. The van der Waals surface area contributed by atoms with Crippen molar-refractivity contribution in [1.82, 2.24) is 0 Å². The highest BCUT2D eigenvalue weighted by Gasteiger charge is 2.09. The van der Waals surface area contributed by atoms with E-state index in [1.807, 2.05) is 30.3 Å². The van der Waals surface area contributed by atoms with E-state index >= 15 is 0 Å². The molecule has 2 aromatic carbocycles. The first-order valence-corrected chi connectivity index (χ1v) is 9.37. The zero-order valence-corrected chi connectivity index (χ0v) is 16.6. The van der Waals surface area contributed by atoms with E-state index in [0.29, 0.717) is 0 Å². The van der Waals surface area contributed by atoms with Crippen molar-refractivity contribution in [3.05, 3.63) is 64.6 Å². The van der Waals surface area contributed by atoms with Gasteiger partial charge < -0.3 is 9.47 Å². The van der Waals surface area contributed by atoms with Crippen LogP contribution in [0.4, 0.5) is 0 Å². The highest BCUT2D eigenvalue weighted by molar-refractivity contribution is 9.10. The maximum Gasteiger partial charge on any atom is 0.118 e. The quantitative estimate of drug-likeness (QED) is 0.459. The molecule has 0 saturated carbocycles. The standard InChI is InChI=1S/C14H21BrO.C7H8O/c1-3-4-5-6-7-14(16-2)12-8-10-13(15)11-9-12;1-8-7-5-3-2-4-6-7/h8-11,14H,3-7H2,1-2H3;2-6H,1H3. The number of ether oxygens (including phenoxy) is 2. The third kappa shape index (κ3) is 8.51. The average molecular weight is 393 g/mol. The molecule has 3 heteroatoms. The monoisotopic (exact) mass is 392 g/mol. The second-order valence-electron chi connectivity index (χ2n) is 5.64. The van der Waals surface area contributed by atoms with Crippen molar-refractivity contribution >= 4 is 15.9 Å². The van der Waals surface area contributed by atoms with E-state index < -0.39 is 0 Å². The predicted octanol–water partition coefficient (Wildman–Crippen LogP) is 6.80. The topological polar surface area (TPSA) is 18.5 Å². The molecule has 0 heterocycles.